The fraction of sp³-hybridized carbons (Fsp3) is 0.538. The van der Waals surface area contributed by atoms with Gasteiger partial charge in [-0.15, -0.1) is 0 Å². The lowest BCUT2D eigenvalue weighted by molar-refractivity contribution is -0.112. The average Bonchev–Trinajstić information content (AvgIpc) is 2.43. The fourth-order valence-corrected chi connectivity index (χ4v) is 1.78. The molecular formula is C13H19BrO2. The lowest BCUT2D eigenvalue weighted by Crippen LogP contribution is -2.19. The van der Waals surface area contributed by atoms with E-state index >= 15 is 0 Å². The Kier molecular flexibility index (Phi) is 6.03. The molecule has 0 aromatic rings. The monoisotopic (exact) mass is 286 g/mol. The van der Waals surface area contributed by atoms with Gasteiger partial charge in [0.1, 0.15) is 0 Å². The van der Waals surface area contributed by atoms with E-state index in [0.29, 0.717) is 13.2 Å². The van der Waals surface area contributed by atoms with Crippen LogP contribution in [-0.2, 0) is 9.47 Å². The quantitative estimate of drug-likeness (QED) is 0.713. The second-order valence-corrected chi connectivity index (χ2v) is 4.44. The maximum Gasteiger partial charge on any atom is 0.180 e. The summed E-state index contributed by atoms with van der Waals surface area (Å²) in [7, 11) is 0. The van der Waals surface area contributed by atoms with E-state index in [1.165, 1.54) is 5.57 Å². The molecule has 0 radical (unpaired) electrons. The molecule has 0 aromatic heterocycles. The molecule has 0 amide bonds. The predicted octanol–water partition coefficient (Wildman–Crippen LogP) is 3.94. The molecule has 0 unspecified atom stereocenters. The highest BCUT2D eigenvalue weighted by atomic mass is 79.9. The van der Waals surface area contributed by atoms with E-state index < -0.39 is 0 Å². The molecule has 0 heterocycles. The topological polar surface area (TPSA) is 18.5 Å². The van der Waals surface area contributed by atoms with E-state index in [2.05, 4.69) is 41.1 Å². The van der Waals surface area contributed by atoms with Crippen LogP contribution in [-0.4, -0.2) is 19.5 Å². The lowest BCUT2D eigenvalue weighted by atomic mass is 10.1. The standard InChI is InChI=1S/C13H19BrO2/c1-4-15-13(16-5-2)11-7-6-10(3)12(14)9-8-11/h6,8-9,13H,4-5,7H2,1-3H3. The molecule has 90 valence electrons. The van der Waals surface area contributed by atoms with Crippen LogP contribution >= 0.6 is 15.9 Å². The second-order valence-electron chi connectivity index (χ2n) is 3.59. The van der Waals surface area contributed by atoms with E-state index in [0.717, 1.165) is 16.5 Å². The Bertz CT molecular complexity index is 310. The molecule has 1 rings (SSSR count). The van der Waals surface area contributed by atoms with E-state index in [1.54, 1.807) is 0 Å². The van der Waals surface area contributed by atoms with Gasteiger partial charge in [0.05, 0.1) is 0 Å². The summed E-state index contributed by atoms with van der Waals surface area (Å²) < 4.78 is 12.3. The third-order valence-corrected chi connectivity index (χ3v) is 3.29. The van der Waals surface area contributed by atoms with Gasteiger partial charge in [0, 0.05) is 17.7 Å². The minimum absolute atomic E-state index is 0.214. The normalized spacial score (nSPS) is 16.7. The average molecular weight is 287 g/mol. The summed E-state index contributed by atoms with van der Waals surface area (Å²) in [6.07, 6.45) is 6.98. The van der Waals surface area contributed by atoms with Crippen molar-refractivity contribution in [3.63, 3.8) is 0 Å². The van der Waals surface area contributed by atoms with Crippen molar-refractivity contribution in [3.8, 4) is 0 Å². The molecule has 16 heavy (non-hydrogen) atoms. The molecular weight excluding hydrogens is 268 g/mol. The molecule has 0 bridgehead atoms. The number of hydrogen-bond donors (Lipinski definition) is 0. The van der Waals surface area contributed by atoms with Gasteiger partial charge in [-0.1, -0.05) is 28.1 Å². The number of allylic oxidation sites excluding steroid dienone is 5. The maximum atomic E-state index is 5.58. The molecule has 1 aliphatic rings. The third-order valence-electron chi connectivity index (χ3n) is 2.40. The van der Waals surface area contributed by atoms with Crippen molar-refractivity contribution in [2.45, 2.75) is 33.5 Å². The summed E-state index contributed by atoms with van der Waals surface area (Å²) in [6, 6.07) is 0. The first kappa shape index (κ1) is 13.7. The van der Waals surface area contributed by atoms with Gasteiger partial charge in [-0.25, -0.2) is 0 Å². The van der Waals surface area contributed by atoms with Gasteiger partial charge in [0.2, 0.25) is 0 Å². The van der Waals surface area contributed by atoms with Gasteiger partial charge in [0.25, 0.3) is 0 Å². The molecule has 0 spiro atoms. The highest BCUT2D eigenvalue weighted by molar-refractivity contribution is 9.12. The van der Waals surface area contributed by atoms with Crippen LogP contribution < -0.4 is 0 Å². The summed E-state index contributed by atoms with van der Waals surface area (Å²) in [5.74, 6) is 0. The fourth-order valence-electron chi connectivity index (χ4n) is 1.49. The molecule has 0 fully saturated rings. The number of hydrogen-bond acceptors (Lipinski definition) is 2. The zero-order chi connectivity index (χ0) is 12.0. The minimum atomic E-state index is -0.214. The molecule has 0 aromatic carbocycles. The van der Waals surface area contributed by atoms with Crippen molar-refractivity contribution < 1.29 is 9.47 Å². The van der Waals surface area contributed by atoms with Gasteiger partial charge in [0.15, 0.2) is 6.29 Å². The Morgan fingerprint density at radius 2 is 1.88 bits per heavy atom. The number of ether oxygens (including phenoxy) is 2. The van der Waals surface area contributed by atoms with E-state index in [1.807, 2.05) is 13.8 Å². The summed E-state index contributed by atoms with van der Waals surface area (Å²) in [4.78, 5) is 0. The van der Waals surface area contributed by atoms with Gasteiger partial charge in [-0.2, -0.15) is 0 Å². The van der Waals surface area contributed by atoms with Crippen LogP contribution in [0.2, 0.25) is 0 Å². The van der Waals surface area contributed by atoms with Crippen LogP contribution in [0.15, 0.2) is 33.9 Å². The number of rotatable bonds is 5. The molecule has 0 atom stereocenters. The molecule has 0 saturated heterocycles. The van der Waals surface area contributed by atoms with Gasteiger partial charge < -0.3 is 9.47 Å². The van der Waals surface area contributed by atoms with Crippen LogP contribution in [0.25, 0.3) is 0 Å². The summed E-state index contributed by atoms with van der Waals surface area (Å²) in [6.45, 7) is 7.38. The van der Waals surface area contributed by atoms with Gasteiger partial charge in [-0.3, -0.25) is 0 Å². The molecule has 3 heteroatoms. The van der Waals surface area contributed by atoms with Crippen LogP contribution in [0, 0.1) is 0 Å². The van der Waals surface area contributed by atoms with Gasteiger partial charge in [-0.05, 0) is 44.4 Å². The van der Waals surface area contributed by atoms with Crippen molar-refractivity contribution in [1.29, 1.82) is 0 Å². The van der Waals surface area contributed by atoms with E-state index in [-0.39, 0.29) is 6.29 Å². The Morgan fingerprint density at radius 3 is 2.44 bits per heavy atom. The Labute approximate surface area is 106 Å². The van der Waals surface area contributed by atoms with Crippen LogP contribution in [0.1, 0.15) is 27.2 Å². The predicted molar refractivity (Wildman–Crippen MR) is 70.5 cm³/mol. The van der Waals surface area contributed by atoms with Crippen LogP contribution in [0.3, 0.4) is 0 Å². The Morgan fingerprint density at radius 1 is 1.25 bits per heavy atom. The number of halogens is 1. The second kappa shape index (κ2) is 7.05. The Balaban J connectivity index is 2.78. The highest BCUT2D eigenvalue weighted by Crippen LogP contribution is 2.25. The summed E-state index contributed by atoms with van der Waals surface area (Å²) >= 11 is 3.52. The van der Waals surface area contributed by atoms with Crippen molar-refractivity contribution in [2.75, 3.05) is 13.2 Å². The van der Waals surface area contributed by atoms with E-state index in [4.69, 9.17) is 9.47 Å². The third kappa shape index (κ3) is 3.89. The summed E-state index contributed by atoms with van der Waals surface area (Å²) in [5.41, 5.74) is 2.41. The molecule has 0 saturated carbocycles. The van der Waals surface area contributed by atoms with Crippen molar-refractivity contribution in [2.24, 2.45) is 0 Å². The zero-order valence-electron chi connectivity index (χ0n) is 10.1. The Hall–Kier alpha value is -0.380. The van der Waals surface area contributed by atoms with E-state index in [9.17, 15) is 0 Å². The molecule has 2 nitrogen and oxygen atoms in total. The maximum absolute atomic E-state index is 5.58. The molecule has 1 aliphatic carbocycles. The lowest BCUT2D eigenvalue weighted by Gasteiger charge is -2.19. The SMILES string of the molecule is CCOC(OCC)C1=CC=C(Br)C(C)=CC1. The van der Waals surface area contributed by atoms with Crippen molar-refractivity contribution in [1.82, 2.24) is 0 Å². The van der Waals surface area contributed by atoms with Gasteiger partial charge >= 0.3 is 0 Å². The largest absolute Gasteiger partial charge is 0.349 e. The molecule has 0 N–H and O–H groups in total. The first-order valence-corrected chi connectivity index (χ1v) is 6.44. The first-order valence-electron chi connectivity index (χ1n) is 5.65. The highest BCUT2D eigenvalue weighted by Gasteiger charge is 2.14. The van der Waals surface area contributed by atoms with Crippen molar-refractivity contribution >= 4 is 15.9 Å². The zero-order valence-corrected chi connectivity index (χ0v) is 11.7. The van der Waals surface area contributed by atoms with Crippen LogP contribution in [0.4, 0.5) is 0 Å². The minimum Gasteiger partial charge on any atom is -0.349 e. The molecule has 0 aliphatic heterocycles. The van der Waals surface area contributed by atoms with Crippen molar-refractivity contribution in [3.05, 3.63) is 33.9 Å². The smallest absolute Gasteiger partial charge is 0.180 e. The first-order chi connectivity index (χ1) is 7.69. The summed E-state index contributed by atoms with van der Waals surface area (Å²) in [5, 5.41) is 0. The van der Waals surface area contributed by atoms with Crippen LogP contribution in [0.5, 0.6) is 0 Å².